The van der Waals surface area contributed by atoms with Crippen molar-refractivity contribution >= 4 is 6.09 Å². The molecule has 5 heteroatoms. The van der Waals surface area contributed by atoms with Gasteiger partial charge in [0.2, 0.25) is 0 Å². The highest BCUT2D eigenvalue weighted by molar-refractivity contribution is 5.67. The summed E-state index contributed by atoms with van der Waals surface area (Å²) in [6, 6.07) is 0.0987. The summed E-state index contributed by atoms with van der Waals surface area (Å²) in [7, 11) is 0. The highest BCUT2D eigenvalue weighted by Crippen LogP contribution is 2.05. The molecule has 76 valence electrons. The second-order valence-corrected chi connectivity index (χ2v) is 2.78. The number of amides is 1. The van der Waals surface area contributed by atoms with Gasteiger partial charge in [-0.1, -0.05) is 0 Å². The van der Waals surface area contributed by atoms with E-state index < -0.39 is 0 Å². The van der Waals surface area contributed by atoms with Gasteiger partial charge in [0.05, 0.1) is 19.8 Å². The van der Waals surface area contributed by atoms with Crippen LogP contribution in [0.25, 0.3) is 0 Å². The summed E-state index contributed by atoms with van der Waals surface area (Å²) < 4.78 is 4.75. The molecule has 0 unspecified atom stereocenters. The molecule has 1 heterocycles. The van der Waals surface area contributed by atoms with Crippen LogP contribution in [0.4, 0.5) is 4.79 Å². The Morgan fingerprint density at radius 1 is 1.46 bits per heavy atom. The Morgan fingerprint density at radius 2 is 2.08 bits per heavy atom. The molecule has 0 saturated carbocycles. The fourth-order valence-corrected chi connectivity index (χ4v) is 1.13. The summed E-state index contributed by atoms with van der Waals surface area (Å²) in [5, 5.41) is 2.74. The largest absolute Gasteiger partial charge is 0.450 e. The van der Waals surface area contributed by atoms with E-state index in [1.54, 1.807) is 6.92 Å². The summed E-state index contributed by atoms with van der Waals surface area (Å²) in [6.07, 6.45) is 1.16. The third kappa shape index (κ3) is 4.10. The molecule has 0 radical (unpaired) electrons. The van der Waals surface area contributed by atoms with Crippen molar-refractivity contribution in [3.05, 3.63) is 0 Å². The smallest absolute Gasteiger partial charge is 0.407 e. The van der Waals surface area contributed by atoms with E-state index in [1.807, 2.05) is 0 Å². The number of hydrogen-bond acceptors (Lipinski definition) is 4. The first kappa shape index (κ1) is 10.3. The first-order valence-electron chi connectivity index (χ1n) is 4.50. The van der Waals surface area contributed by atoms with E-state index in [0.29, 0.717) is 19.8 Å². The molecule has 0 aromatic rings. The lowest BCUT2D eigenvalue weighted by atomic mass is 10.1. The van der Waals surface area contributed by atoms with Gasteiger partial charge in [0.25, 0.3) is 0 Å². The lowest BCUT2D eigenvalue weighted by Gasteiger charge is -2.13. The normalized spacial score (nSPS) is 19.2. The van der Waals surface area contributed by atoms with Crippen molar-refractivity contribution in [2.45, 2.75) is 25.8 Å². The molecule has 1 saturated heterocycles. The Morgan fingerprint density at radius 3 is 2.62 bits per heavy atom. The fourth-order valence-electron chi connectivity index (χ4n) is 1.13. The fraction of sp³-hybridized carbons (Fsp3) is 0.875. The van der Waals surface area contributed by atoms with Gasteiger partial charge in [0.1, 0.15) is 0 Å². The number of carbonyl (C=O) groups excluding carboxylic acids is 1. The first-order chi connectivity index (χ1) is 6.33. The molecule has 0 aliphatic carbocycles. The third-order valence-electron chi connectivity index (χ3n) is 1.78. The van der Waals surface area contributed by atoms with E-state index >= 15 is 0 Å². The standard InChI is InChI=1S/C8H15NO4/c1-2-11-8(10)9-7-3-5-12-13-6-4-7/h7H,2-6H2,1H3,(H,9,10). The van der Waals surface area contributed by atoms with Gasteiger partial charge in [-0.25, -0.2) is 14.6 Å². The van der Waals surface area contributed by atoms with E-state index in [2.05, 4.69) is 5.32 Å². The average molecular weight is 189 g/mol. The number of rotatable bonds is 2. The van der Waals surface area contributed by atoms with Crippen LogP contribution in [0.2, 0.25) is 0 Å². The maximum Gasteiger partial charge on any atom is 0.407 e. The van der Waals surface area contributed by atoms with Crippen LogP contribution in [-0.2, 0) is 14.5 Å². The second kappa shape index (κ2) is 5.77. The summed E-state index contributed by atoms with van der Waals surface area (Å²) in [5.74, 6) is 0. The highest BCUT2D eigenvalue weighted by atomic mass is 17.2. The number of nitrogens with one attached hydrogen (secondary N) is 1. The molecule has 0 aromatic carbocycles. The molecule has 1 fully saturated rings. The molecule has 1 aliphatic rings. The predicted molar refractivity (Wildman–Crippen MR) is 45.1 cm³/mol. The first-order valence-corrected chi connectivity index (χ1v) is 4.50. The van der Waals surface area contributed by atoms with E-state index in [-0.39, 0.29) is 12.1 Å². The SMILES string of the molecule is CCOC(=O)NC1CCOOCC1. The van der Waals surface area contributed by atoms with Crippen LogP contribution < -0.4 is 5.32 Å². The number of carbonyl (C=O) groups is 1. The molecule has 1 N–H and O–H groups in total. The van der Waals surface area contributed by atoms with Gasteiger partial charge < -0.3 is 10.1 Å². The van der Waals surface area contributed by atoms with Crippen LogP contribution in [0.3, 0.4) is 0 Å². The molecule has 5 nitrogen and oxygen atoms in total. The molecule has 0 bridgehead atoms. The Labute approximate surface area is 77.3 Å². The Kier molecular flexibility index (Phi) is 4.56. The maximum absolute atomic E-state index is 11.0. The molecule has 13 heavy (non-hydrogen) atoms. The average Bonchev–Trinajstić information content (AvgIpc) is 2.33. The molecule has 1 aliphatic heterocycles. The van der Waals surface area contributed by atoms with Crippen LogP contribution in [0.1, 0.15) is 19.8 Å². The van der Waals surface area contributed by atoms with Gasteiger partial charge in [-0.05, 0) is 19.8 Å². The van der Waals surface area contributed by atoms with E-state index in [0.717, 1.165) is 12.8 Å². The number of alkyl carbamates (subject to hydrolysis) is 1. The highest BCUT2D eigenvalue weighted by Gasteiger charge is 2.15. The topological polar surface area (TPSA) is 56.8 Å². The molecular formula is C8H15NO4. The van der Waals surface area contributed by atoms with Crippen molar-refractivity contribution in [1.82, 2.24) is 5.32 Å². The lowest BCUT2D eigenvalue weighted by molar-refractivity contribution is -0.287. The molecular weight excluding hydrogens is 174 g/mol. The van der Waals surface area contributed by atoms with Crippen LogP contribution in [0.5, 0.6) is 0 Å². The van der Waals surface area contributed by atoms with Gasteiger partial charge >= 0.3 is 6.09 Å². The van der Waals surface area contributed by atoms with Crippen molar-refractivity contribution in [2.75, 3.05) is 19.8 Å². The summed E-state index contributed by atoms with van der Waals surface area (Å²) in [4.78, 5) is 20.6. The van der Waals surface area contributed by atoms with Crippen LogP contribution in [0.15, 0.2) is 0 Å². The molecule has 0 spiro atoms. The minimum Gasteiger partial charge on any atom is -0.450 e. The zero-order valence-corrected chi connectivity index (χ0v) is 7.75. The monoisotopic (exact) mass is 189 g/mol. The zero-order chi connectivity index (χ0) is 9.52. The van der Waals surface area contributed by atoms with Gasteiger partial charge in [-0.2, -0.15) is 0 Å². The molecule has 0 aromatic heterocycles. The lowest BCUT2D eigenvalue weighted by Crippen LogP contribution is -2.35. The second-order valence-electron chi connectivity index (χ2n) is 2.78. The molecule has 1 amide bonds. The van der Waals surface area contributed by atoms with Crippen molar-refractivity contribution in [3.8, 4) is 0 Å². The van der Waals surface area contributed by atoms with Gasteiger partial charge in [0.15, 0.2) is 0 Å². The van der Waals surface area contributed by atoms with E-state index in [9.17, 15) is 4.79 Å². The zero-order valence-electron chi connectivity index (χ0n) is 7.75. The van der Waals surface area contributed by atoms with Gasteiger partial charge in [-0.3, -0.25) is 0 Å². The minimum atomic E-state index is -0.366. The summed E-state index contributed by atoms with van der Waals surface area (Å²) >= 11 is 0. The van der Waals surface area contributed by atoms with Crippen molar-refractivity contribution in [3.63, 3.8) is 0 Å². The Hall–Kier alpha value is -0.810. The number of hydrogen-bond donors (Lipinski definition) is 1. The summed E-state index contributed by atoms with van der Waals surface area (Å²) in [5.41, 5.74) is 0. The third-order valence-corrected chi connectivity index (χ3v) is 1.78. The van der Waals surface area contributed by atoms with E-state index in [4.69, 9.17) is 14.5 Å². The summed E-state index contributed by atoms with van der Waals surface area (Å²) in [6.45, 7) is 3.19. The maximum atomic E-state index is 11.0. The quantitative estimate of drug-likeness (QED) is 0.654. The molecule has 0 atom stereocenters. The molecule has 1 rings (SSSR count). The van der Waals surface area contributed by atoms with Crippen LogP contribution >= 0.6 is 0 Å². The van der Waals surface area contributed by atoms with Crippen LogP contribution in [-0.4, -0.2) is 32.0 Å². The van der Waals surface area contributed by atoms with Crippen molar-refractivity contribution < 1.29 is 19.3 Å². The van der Waals surface area contributed by atoms with Crippen molar-refractivity contribution in [1.29, 1.82) is 0 Å². The Balaban J connectivity index is 2.21. The van der Waals surface area contributed by atoms with Crippen molar-refractivity contribution in [2.24, 2.45) is 0 Å². The van der Waals surface area contributed by atoms with Gasteiger partial charge in [0, 0.05) is 6.04 Å². The van der Waals surface area contributed by atoms with Crippen LogP contribution in [0, 0.1) is 0 Å². The predicted octanol–water partition coefficient (Wildman–Crippen LogP) is 0.843. The van der Waals surface area contributed by atoms with E-state index in [1.165, 1.54) is 0 Å². The number of ether oxygens (including phenoxy) is 1. The van der Waals surface area contributed by atoms with Gasteiger partial charge in [-0.15, -0.1) is 0 Å². The minimum absolute atomic E-state index is 0.0987. The Bertz CT molecular complexity index is 154.